The lowest BCUT2D eigenvalue weighted by Gasteiger charge is -2.07. The molecule has 3 aromatic carbocycles. The summed E-state index contributed by atoms with van der Waals surface area (Å²) in [6.45, 7) is 0. The van der Waals surface area contributed by atoms with Crippen LogP contribution in [0.3, 0.4) is 0 Å². The van der Waals surface area contributed by atoms with E-state index in [0.29, 0.717) is 5.75 Å². The zero-order valence-corrected chi connectivity index (χ0v) is 10.6. The quantitative estimate of drug-likeness (QED) is 0.484. The number of phenolic OH excluding ortho intramolecular Hbond substituents is 1. The van der Waals surface area contributed by atoms with Crippen molar-refractivity contribution in [2.24, 2.45) is 0 Å². The summed E-state index contributed by atoms with van der Waals surface area (Å²) in [5.41, 5.74) is 0. The molecule has 0 bridgehead atoms. The van der Waals surface area contributed by atoms with E-state index < -0.39 is 0 Å². The number of halogens is 1. The summed E-state index contributed by atoms with van der Waals surface area (Å²) < 4.78 is 1.16. The number of hydrogen-bond acceptors (Lipinski definition) is 1. The third-order valence-electron chi connectivity index (χ3n) is 2.83. The van der Waals surface area contributed by atoms with E-state index in [0.717, 1.165) is 25.1 Å². The number of fused-ring (bicyclic) bond motifs is 3. The Morgan fingerprint density at radius 2 is 1.62 bits per heavy atom. The molecule has 1 N–H and O–H groups in total. The second kappa shape index (κ2) is 3.63. The predicted molar refractivity (Wildman–Crippen MR) is 75.8 cm³/mol. The molecular formula is C14H9IO. The van der Waals surface area contributed by atoms with Crippen molar-refractivity contribution in [1.29, 1.82) is 0 Å². The van der Waals surface area contributed by atoms with E-state index in [1.54, 1.807) is 6.07 Å². The highest BCUT2D eigenvalue weighted by molar-refractivity contribution is 14.1. The molecule has 0 saturated carbocycles. The molecule has 0 atom stereocenters. The minimum atomic E-state index is 0.354. The van der Waals surface area contributed by atoms with Crippen molar-refractivity contribution in [3.05, 3.63) is 52.1 Å². The molecule has 0 aliphatic heterocycles. The molecule has 0 aliphatic rings. The van der Waals surface area contributed by atoms with E-state index in [1.807, 2.05) is 24.3 Å². The van der Waals surface area contributed by atoms with Crippen molar-refractivity contribution in [3.8, 4) is 5.75 Å². The van der Waals surface area contributed by atoms with Crippen molar-refractivity contribution < 1.29 is 5.11 Å². The average Bonchev–Trinajstić information content (AvgIpc) is 2.33. The first kappa shape index (κ1) is 9.90. The summed E-state index contributed by atoms with van der Waals surface area (Å²) in [6, 6.07) is 16.0. The van der Waals surface area contributed by atoms with Gasteiger partial charge in [-0.1, -0.05) is 36.4 Å². The van der Waals surface area contributed by atoms with Crippen LogP contribution in [0.1, 0.15) is 0 Å². The molecule has 78 valence electrons. The Bertz CT molecular complexity index is 689. The minimum Gasteiger partial charge on any atom is -0.507 e. The van der Waals surface area contributed by atoms with Gasteiger partial charge in [0.05, 0.1) is 0 Å². The van der Waals surface area contributed by atoms with Gasteiger partial charge in [0.1, 0.15) is 5.75 Å². The van der Waals surface area contributed by atoms with Gasteiger partial charge in [-0.25, -0.2) is 0 Å². The van der Waals surface area contributed by atoms with Gasteiger partial charge in [0, 0.05) is 8.96 Å². The van der Waals surface area contributed by atoms with Gasteiger partial charge in [-0.15, -0.1) is 0 Å². The normalized spacial score (nSPS) is 11.1. The first-order valence-corrected chi connectivity index (χ1v) is 6.14. The van der Waals surface area contributed by atoms with Crippen molar-refractivity contribution in [3.63, 3.8) is 0 Å². The molecule has 0 amide bonds. The predicted octanol–water partition coefficient (Wildman–Crippen LogP) is 4.30. The second-order valence-electron chi connectivity index (χ2n) is 3.78. The topological polar surface area (TPSA) is 20.2 Å². The van der Waals surface area contributed by atoms with E-state index in [1.165, 1.54) is 0 Å². The van der Waals surface area contributed by atoms with Crippen LogP contribution in [0.15, 0.2) is 48.5 Å². The van der Waals surface area contributed by atoms with Gasteiger partial charge < -0.3 is 5.11 Å². The second-order valence-corrected chi connectivity index (χ2v) is 4.94. The summed E-state index contributed by atoms with van der Waals surface area (Å²) >= 11 is 2.30. The molecule has 1 nitrogen and oxygen atoms in total. The van der Waals surface area contributed by atoms with Gasteiger partial charge >= 0.3 is 0 Å². The molecule has 0 saturated heterocycles. The maximum absolute atomic E-state index is 9.99. The minimum absolute atomic E-state index is 0.354. The summed E-state index contributed by atoms with van der Waals surface area (Å²) in [6.07, 6.45) is 0. The van der Waals surface area contributed by atoms with E-state index in [4.69, 9.17) is 0 Å². The van der Waals surface area contributed by atoms with Gasteiger partial charge in [-0.3, -0.25) is 0 Å². The van der Waals surface area contributed by atoms with Crippen LogP contribution in [0.4, 0.5) is 0 Å². The molecule has 3 rings (SSSR count). The molecule has 16 heavy (non-hydrogen) atoms. The lowest BCUT2D eigenvalue weighted by molar-refractivity contribution is 0.482. The highest BCUT2D eigenvalue weighted by atomic mass is 127. The maximum atomic E-state index is 9.99. The van der Waals surface area contributed by atoms with Crippen molar-refractivity contribution in [2.45, 2.75) is 0 Å². The molecule has 0 fully saturated rings. The van der Waals surface area contributed by atoms with Gasteiger partial charge in [0.25, 0.3) is 0 Å². The molecule has 2 heteroatoms. The Balaban J connectivity index is 2.64. The maximum Gasteiger partial charge on any atom is 0.124 e. The number of rotatable bonds is 0. The molecule has 0 spiro atoms. The number of phenols is 1. The molecule has 3 aromatic rings. The summed E-state index contributed by atoms with van der Waals surface area (Å²) in [7, 11) is 0. The first-order chi connectivity index (χ1) is 7.77. The highest BCUT2D eigenvalue weighted by Gasteiger charge is 2.06. The fourth-order valence-electron chi connectivity index (χ4n) is 2.07. The Kier molecular flexibility index (Phi) is 2.24. The lowest BCUT2D eigenvalue weighted by atomic mass is 10.0. The van der Waals surface area contributed by atoms with Crippen molar-refractivity contribution in [1.82, 2.24) is 0 Å². The largest absolute Gasteiger partial charge is 0.507 e. The van der Waals surface area contributed by atoms with Crippen LogP contribution in [0.25, 0.3) is 21.5 Å². The van der Waals surface area contributed by atoms with Crippen LogP contribution in [0.2, 0.25) is 0 Å². The number of benzene rings is 3. The zero-order chi connectivity index (χ0) is 11.1. The van der Waals surface area contributed by atoms with E-state index >= 15 is 0 Å². The SMILES string of the molecule is Oc1ccc(I)c2ccc3ccccc3c12. The lowest BCUT2D eigenvalue weighted by Crippen LogP contribution is -1.81. The molecule has 0 radical (unpaired) electrons. The first-order valence-electron chi connectivity index (χ1n) is 5.06. The van der Waals surface area contributed by atoms with Gasteiger partial charge in [0.2, 0.25) is 0 Å². The van der Waals surface area contributed by atoms with Crippen LogP contribution >= 0.6 is 22.6 Å². The van der Waals surface area contributed by atoms with Crippen LogP contribution in [-0.4, -0.2) is 5.11 Å². The summed E-state index contributed by atoms with van der Waals surface area (Å²) in [5, 5.41) is 14.3. The molecule has 0 heterocycles. The number of aromatic hydroxyl groups is 1. The van der Waals surface area contributed by atoms with Gasteiger partial charge in [-0.05, 0) is 50.9 Å². The molecule has 0 aliphatic carbocycles. The van der Waals surface area contributed by atoms with E-state index in [-0.39, 0.29) is 0 Å². The molecule has 0 unspecified atom stereocenters. The smallest absolute Gasteiger partial charge is 0.124 e. The Labute approximate surface area is 107 Å². The third kappa shape index (κ3) is 1.37. The van der Waals surface area contributed by atoms with E-state index in [9.17, 15) is 5.11 Å². The average molecular weight is 320 g/mol. The van der Waals surface area contributed by atoms with Crippen LogP contribution < -0.4 is 0 Å². The Morgan fingerprint density at radius 1 is 0.812 bits per heavy atom. The number of hydrogen-bond donors (Lipinski definition) is 1. The summed E-state index contributed by atoms with van der Waals surface area (Å²) in [4.78, 5) is 0. The van der Waals surface area contributed by atoms with Crippen molar-refractivity contribution in [2.75, 3.05) is 0 Å². The summed E-state index contributed by atoms with van der Waals surface area (Å²) in [5.74, 6) is 0.354. The van der Waals surface area contributed by atoms with E-state index in [2.05, 4.69) is 40.8 Å². The van der Waals surface area contributed by atoms with Crippen LogP contribution in [0, 0.1) is 3.57 Å². The Hall–Kier alpha value is -1.29. The zero-order valence-electron chi connectivity index (χ0n) is 8.44. The fraction of sp³-hybridized carbons (Fsp3) is 0. The van der Waals surface area contributed by atoms with Crippen molar-refractivity contribution >= 4 is 44.1 Å². The monoisotopic (exact) mass is 320 g/mol. The van der Waals surface area contributed by atoms with Crippen LogP contribution in [0.5, 0.6) is 5.75 Å². The Morgan fingerprint density at radius 3 is 2.50 bits per heavy atom. The van der Waals surface area contributed by atoms with Gasteiger partial charge in [-0.2, -0.15) is 0 Å². The highest BCUT2D eigenvalue weighted by Crippen LogP contribution is 2.34. The fourth-order valence-corrected chi connectivity index (χ4v) is 2.70. The van der Waals surface area contributed by atoms with Crippen LogP contribution in [-0.2, 0) is 0 Å². The van der Waals surface area contributed by atoms with Gasteiger partial charge in [0.15, 0.2) is 0 Å². The third-order valence-corrected chi connectivity index (χ3v) is 3.77. The standard InChI is InChI=1S/C14H9IO/c15-12-7-8-13(16)14-10-4-2-1-3-9(10)5-6-11(12)14/h1-8,16H. The molecular weight excluding hydrogens is 311 g/mol. The molecule has 0 aromatic heterocycles.